The second-order valence-corrected chi connectivity index (χ2v) is 9.71. The molecule has 2 nitrogen and oxygen atoms in total. The van der Waals surface area contributed by atoms with Crippen LogP contribution in [-0.4, -0.2) is 21.9 Å². The number of hydrogen-bond acceptors (Lipinski definition) is 2. The summed E-state index contributed by atoms with van der Waals surface area (Å²) in [4.78, 5) is 0. The van der Waals surface area contributed by atoms with Crippen molar-refractivity contribution in [2.24, 2.45) is 34.5 Å². The Morgan fingerprint density at radius 3 is 2.43 bits per heavy atom. The monoisotopic (exact) mass is 318 g/mol. The summed E-state index contributed by atoms with van der Waals surface area (Å²) in [7, 11) is 0. The highest BCUT2D eigenvalue weighted by molar-refractivity contribution is 5.18. The zero-order chi connectivity index (χ0) is 16.5. The Hall–Kier alpha value is -0.340. The van der Waals surface area contributed by atoms with E-state index in [1.54, 1.807) is 0 Å². The molecule has 2 N–H and O–H groups in total. The van der Waals surface area contributed by atoms with Gasteiger partial charge in [0.25, 0.3) is 0 Å². The summed E-state index contributed by atoms with van der Waals surface area (Å²) >= 11 is 0. The van der Waals surface area contributed by atoms with E-state index in [-0.39, 0.29) is 11.5 Å². The fourth-order valence-corrected chi connectivity index (χ4v) is 7.62. The molecule has 0 amide bonds. The molecule has 0 heterocycles. The third-order valence-electron chi connectivity index (χ3n) is 9.19. The van der Waals surface area contributed by atoms with Crippen molar-refractivity contribution in [1.29, 1.82) is 0 Å². The lowest BCUT2D eigenvalue weighted by Gasteiger charge is -2.61. The molecule has 0 radical (unpaired) electrons. The van der Waals surface area contributed by atoms with Gasteiger partial charge in [0.1, 0.15) is 0 Å². The molecule has 0 bridgehead atoms. The molecular weight excluding hydrogens is 284 g/mol. The van der Waals surface area contributed by atoms with Crippen LogP contribution >= 0.6 is 0 Å². The zero-order valence-electron chi connectivity index (χ0n) is 14.9. The molecule has 4 rings (SSSR count). The van der Waals surface area contributed by atoms with Gasteiger partial charge in [0.05, 0.1) is 11.7 Å². The molecule has 130 valence electrons. The average Bonchev–Trinajstić information content (AvgIpc) is 2.80. The molecule has 4 aliphatic rings. The smallest absolute Gasteiger partial charge is 0.0881 e. The summed E-state index contributed by atoms with van der Waals surface area (Å²) in [6, 6.07) is 0. The standard InChI is InChI=1S/C21H34O2/c1-4-21(23)12-9-18-16-6-5-14-13-15(22)7-10-19(14,2)17(16)8-11-20(18,21)3/h4,14-18,22-23H,1,5-13H2,2-3H3/t14-,15?,16?,17?,18?,19?,20?,21-/m0/s1. The lowest BCUT2D eigenvalue weighted by molar-refractivity contribution is -0.146. The van der Waals surface area contributed by atoms with Gasteiger partial charge >= 0.3 is 0 Å². The van der Waals surface area contributed by atoms with Crippen molar-refractivity contribution >= 4 is 0 Å². The Morgan fingerprint density at radius 2 is 1.70 bits per heavy atom. The zero-order valence-corrected chi connectivity index (χ0v) is 14.9. The van der Waals surface area contributed by atoms with Crippen LogP contribution in [0, 0.1) is 34.5 Å². The van der Waals surface area contributed by atoms with Crippen LogP contribution in [0.5, 0.6) is 0 Å². The SMILES string of the molecule is C=C[C@]1(O)CCC2C3CC[C@H]4CC(O)CCC4(C)C3CCC21C. The normalized spacial score (nSPS) is 58.9. The molecular formula is C21H34O2. The summed E-state index contributed by atoms with van der Waals surface area (Å²) in [5, 5.41) is 21.2. The molecule has 4 saturated carbocycles. The first-order chi connectivity index (χ1) is 10.8. The first-order valence-electron chi connectivity index (χ1n) is 9.88. The second kappa shape index (κ2) is 5.08. The average molecular weight is 319 g/mol. The Bertz CT molecular complexity index is 502. The molecule has 0 aromatic rings. The van der Waals surface area contributed by atoms with Crippen molar-refractivity contribution in [2.75, 3.05) is 0 Å². The van der Waals surface area contributed by atoms with Gasteiger partial charge < -0.3 is 10.2 Å². The van der Waals surface area contributed by atoms with E-state index in [1.807, 2.05) is 6.08 Å². The van der Waals surface area contributed by atoms with Gasteiger partial charge in [-0.15, -0.1) is 6.58 Å². The fraction of sp³-hybridized carbons (Fsp3) is 0.905. The quantitative estimate of drug-likeness (QED) is 0.707. The maximum Gasteiger partial charge on any atom is 0.0881 e. The van der Waals surface area contributed by atoms with Crippen LogP contribution < -0.4 is 0 Å². The van der Waals surface area contributed by atoms with E-state index in [0.29, 0.717) is 11.3 Å². The summed E-state index contributed by atoms with van der Waals surface area (Å²) in [5.41, 5.74) is -0.186. The van der Waals surface area contributed by atoms with E-state index in [1.165, 1.54) is 32.1 Å². The maximum atomic E-state index is 11.1. The lowest BCUT2D eigenvalue weighted by atomic mass is 9.44. The van der Waals surface area contributed by atoms with E-state index in [4.69, 9.17) is 0 Å². The molecule has 4 fully saturated rings. The van der Waals surface area contributed by atoms with Crippen molar-refractivity contribution in [3.63, 3.8) is 0 Å². The minimum atomic E-state index is -0.650. The van der Waals surface area contributed by atoms with Gasteiger partial charge in [0.2, 0.25) is 0 Å². The minimum absolute atomic E-state index is 0.0350. The van der Waals surface area contributed by atoms with E-state index >= 15 is 0 Å². The molecule has 2 heteroatoms. The van der Waals surface area contributed by atoms with Gasteiger partial charge in [-0.3, -0.25) is 0 Å². The highest BCUT2D eigenvalue weighted by atomic mass is 16.3. The van der Waals surface area contributed by atoms with Crippen LogP contribution in [0.15, 0.2) is 12.7 Å². The van der Waals surface area contributed by atoms with Crippen molar-refractivity contribution in [1.82, 2.24) is 0 Å². The summed E-state index contributed by atoms with van der Waals surface area (Å²) < 4.78 is 0. The molecule has 0 spiro atoms. The molecule has 0 aromatic carbocycles. The van der Waals surface area contributed by atoms with Crippen LogP contribution in [0.2, 0.25) is 0 Å². The molecule has 4 aliphatic carbocycles. The van der Waals surface area contributed by atoms with Gasteiger partial charge in [-0.2, -0.15) is 0 Å². The van der Waals surface area contributed by atoms with Gasteiger partial charge in [0, 0.05) is 5.41 Å². The molecule has 8 atom stereocenters. The summed E-state index contributed by atoms with van der Waals surface area (Å²) in [6.07, 6.45) is 12.1. The maximum absolute atomic E-state index is 11.1. The van der Waals surface area contributed by atoms with Crippen molar-refractivity contribution in [3.8, 4) is 0 Å². The Labute approximate surface area is 141 Å². The fourth-order valence-electron chi connectivity index (χ4n) is 7.62. The predicted octanol–water partition coefficient (Wildman–Crippen LogP) is 4.31. The van der Waals surface area contributed by atoms with E-state index in [0.717, 1.165) is 43.4 Å². The van der Waals surface area contributed by atoms with Gasteiger partial charge in [-0.25, -0.2) is 0 Å². The Balaban J connectivity index is 1.64. The predicted molar refractivity (Wildman–Crippen MR) is 92.9 cm³/mol. The first-order valence-corrected chi connectivity index (χ1v) is 9.88. The molecule has 0 aromatic heterocycles. The van der Waals surface area contributed by atoms with Gasteiger partial charge in [0.15, 0.2) is 0 Å². The Kier molecular flexibility index (Phi) is 3.57. The van der Waals surface area contributed by atoms with Gasteiger partial charge in [-0.1, -0.05) is 19.9 Å². The van der Waals surface area contributed by atoms with Crippen LogP contribution in [0.1, 0.15) is 71.6 Å². The van der Waals surface area contributed by atoms with Crippen LogP contribution in [0.25, 0.3) is 0 Å². The largest absolute Gasteiger partial charge is 0.393 e. The molecule has 23 heavy (non-hydrogen) atoms. The van der Waals surface area contributed by atoms with E-state index in [2.05, 4.69) is 20.4 Å². The van der Waals surface area contributed by atoms with Crippen LogP contribution in [0.3, 0.4) is 0 Å². The number of hydrogen-bond donors (Lipinski definition) is 2. The Morgan fingerprint density at radius 1 is 0.957 bits per heavy atom. The molecule has 6 unspecified atom stereocenters. The van der Waals surface area contributed by atoms with Crippen LogP contribution in [-0.2, 0) is 0 Å². The molecule has 0 saturated heterocycles. The molecule has 0 aliphatic heterocycles. The van der Waals surface area contributed by atoms with Crippen LogP contribution in [0.4, 0.5) is 0 Å². The number of fused-ring (bicyclic) bond motifs is 5. The topological polar surface area (TPSA) is 40.5 Å². The lowest BCUT2D eigenvalue weighted by Crippen LogP contribution is -2.56. The summed E-state index contributed by atoms with van der Waals surface area (Å²) in [5.74, 6) is 2.96. The minimum Gasteiger partial charge on any atom is -0.393 e. The van der Waals surface area contributed by atoms with Gasteiger partial charge in [-0.05, 0) is 86.9 Å². The number of rotatable bonds is 1. The number of aliphatic hydroxyl groups is 2. The second-order valence-electron chi connectivity index (χ2n) is 9.71. The van der Waals surface area contributed by atoms with E-state index < -0.39 is 5.60 Å². The third kappa shape index (κ3) is 2.00. The van der Waals surface area contributed by atoms with Crippen molar-refractivity contribution in [2.45, 2.75) is 83.3 Å². The third-order valence-corrected chi connectivity index (χ3v) is 9.19. The van der Waals surface area contributed by atoms with E-state index in [9.17, 15) is 10.2 Å². The highest BCUT2D eigenvalue weighted by Crippen LogP contribution is 2.68. The van der Waals surface area contributed by atoms with Crippen molar-refractivity contribution in [3.05, 3.63) is 12.7 Å². The van der Waals surface area contributed by atoms with Crippen molar-refractivity contribution < 1.29 is 10.2 Å². The first kappa shape index (κ1) is 16.1. The summed E-state index contributed by atoms with van der Waals surface area (Å²) in [6.45, 7) is 8.82. The highest BCUT2D eigenvalue weighted by Gasteiger charge is 2.63. The number of aliphatic hydroxyl groups excluding tert-OH is 1.